The van der Waals surface area contributed by atoms with Gasteiger partial charge in [-0.3, -0.25) is 4.79 Å². The quantitative estimate of drug-likeness (QED) is 0.832. The van der Waals surface area contributed by atoms with Crippen LogP contribution in [0.1, 0.15) is 31.7 Å². The minimum atomic E-state index is -0.0108. The predicted octanol–water partition coefficient (Wildman–Crippen LogP) is 3.19. The SMILES string of the molecule is CC[C@@H](C)c1ccccc1NC(=O)C[n+]1ccc(N(C)C)cc1. The van der Waals surface area contributed by atoms with Crippen molar-refractivity contribution in [1.82, 2.24) is 0 Å². The molecule has 4 nitrogen and oxygen atoms in total. The topological polar surface area (TPSA) is 36.2 Å². The molecule has 0 spiro atoms. The van der Waals surface area contributed by atoms with Gasteiger partial charge in [0.25, 0.3) is 5.91 Å². The Hall–Kier alpha value is -2.36. The molecule has 0 aliphatic rings. The number of nitrogens with zero attached hydrogens (tertiary/aromatic N) is 2. The van der Waals surface area contributed by atoms with E-state index in [2.05, 4.69) is 25.2 Å². The molecule has 0 unspecified atom stereocenters. The minimum Gasteiger partial charge on any atom is -0.377 e. The molecule has 0 saturated heterocycles. The highest BCUT2D eigenvalue weighted by molar-refractivity contribution is 5.90. The van der Waals surface area contributed by atoms with Crippen LogP contribution >= 0.6 is 0 Å². The van der Waals surface area contributed by atoms with Gasteiger partial charge in [-0.1, -0.05) is 32.0 Å². The Morgan fingerprint density at radius 3 is 2.43 bits per heavy atom. The fraction of sp³-hybridized carbons (Fsp3) is 0.368. The summed E-state index contributed by atoms with van der Waals surface area (Å²) < 4.78 is 1.88. The number of pyridine rings is 1. The van der Waals surface area contributed by atoms with Crippen LogP contribution in [0.3, 0.4) is 0 Å². The van der Waals surface area contributed by atoms with Gasteiger partial charge in [0.1, 0.15) is 0 Å². The average molecular weight is 312 g/mol. The number of amides is 1. The first kappa shape index (κ1) is 17.0. The van der Waals surface area contributed by atoms with E-state index in [1.54, 1.807) is 0 Å². The standard InChI is InChI=1S/C19H25N3O/c1-5-15(2)17-8-6-7-9-18(17)20-19(23)14-22-12-10-16(11-13-22)21(3)4/h6-13,15H,5,14H2,1-4H3/p+1/t15-/m1/s1. The second-order valence-corrected chi connectivity index (χ2v) is 6.07. The van der Waals surface area contributed by atoms with Crippen LogP contribution in [0.25, 0.3) is 0 Å². The summed E-state index contributed by atoms with van der Waals surface area (Å²) in [6.07, 6.45) is 4.90. The second-order valence-electron chi connectivity index (χ2n) is 6.07. The molecular formula is C19H26N3O+. The van der Waals surface area contributed by atoms with E-state index in [1.165, 1.54) is 5.56 Å². The first-order valence-electron chi connectivity index (χ1n) is 8.06. The number of benzene rings is 1. The molecule has 1 heterocycles. The van der Waals surface area contributed by atoms with Crippen LogP contribution < -0.4 is 14.8 Å². The van der Waals surface area contributed by atoms with Gasteiger partial charge in [0.05, 0.1) is 0 Å². The highest BCUT2D eigenvalue weighted by Crippen LogP contribution is 2.26. The van der Waals surface area contributed by atoms with E-state index in [-0.39, 0.29) is 5.91 Å². The first-order chi connectivity index (χ1) is 11.0. The van der Waals surface area contributed by atoms with Gasteiger partial charge in [-0.2, -0.15) is 4.57 Å². The molecule has 2 aromatic rings. The summed E-state index contributed by atoms with van der Waals surface area (Å²) in [6, 6.07) is 12.0. The van der Waals surface area contributed by atoms with Gasteiger partial charge in [0.15, 0.2) is 12.4 Å². The van der Waals surface area contributed by atoms with Gasteiger partial charge in [0, 0.05) is 37.6 Å². The maximum Gasteiger partial charge on any atom is 0.290 e. The number of hydrogen-bond acceptors (Lipinski definition) is 2. The molecule has 122 valence electrons. The Morgan fingerprint density at radius 1 is 1.17 bits per heavy atom. The van der Waals surface area contributed by atoms with E-state index < -0.39 is 0 Å². The second kappa shape index (κ2) is 7.77. The molecule has 1 N–H and O–H groups in total. The molecule has 0 bridgehead atoms. The summed E-state index contributed by atoms with van der Waals surface area (Å²) in [4.78, 5) is 14.4. The third-order valence-electron chi connectivity index (χ3n) is 4.09. The minimum absolute atomic E-state index is 0.0108. The zero-order valence-corrected chi connectivity index (χ0v) is 14.4. The largest absolute Gasteiger partial charge is 0.377 e. The van der Waals surface area contributed by atoms with Crippen molar-refractivity contribution < 1.29 is 9.36 Å². The van der Waals surface area contributed by atoms with Crippen molar-refractivity contribution in [3.63, 3.8) is 0 Å². The number of rotatable bonds is 6. The lowest BCUT2D eigenvalue weighted by Crippen LogP contribution is -2.39. The Bertz CT molecular complexity index is 650. The maximum absolute atomic E-state index is 12.3. The van der Waals surface area contributed by atoms with E-state index >= 15 is 0 Å². The van der Waals surface area contributed by atoms with Gasteiger partial charge in [0.2, 0.25) is 6.54 Å². The van der Waals surface area contributed by atoms with E-state index in [0.29, 0.717) is 12.5 Å². The number of carbonyl (C=O) groups excluding carboxylic acids is 1. The lowest BCUT2D eigenvalue weighted by Gasteiger charge is -2.15. The molecular weight excluding hydrogens is 286 g/mol. The summed E-state index contributed by atoms with van der Waals surface area (Å²) >= 11 is 0. The van der Waals surface area contributed by atoms with E-state index in [4.69, 9.17) is 0 Å². The molecule has 0 aliphatic heterocycles. The van der Waals surface area contributed by atoms with Gasteiger partial charge >= 0.3 is 0 Å². The molecule has 0 radical (unpaired) electrons. The van der Waals surface area contributed by atoms with Crippen LogP contribution in [0, 0.1) is 0 Å². The van der Waals surface area contributed by atoms with Crippen LogP contribution in [0.5, 0.6) is 0 Å². The summed E-state index contributed by atoms with van der Waals surface area (Å²) in [5.41, 5.74) is 3.22. The van der Waals surface area contributed by atoms with Crippen LogP contribution in [-0.2, 0) is 11.3 Å². The predicted molar refractivity (Wildman–Crippen MR) is 94.7 cm³/mol. The lowest BCUT2D eigenvalue weighted by atomic mass is 9.97. The van der Waals surface area contributed by atoms with Crippen LogP contribution in [0.4, 0.5) is 11.4 Å². The average Bonchev–Trinajstić information content (AvgIpc) is 2.55. The Labute approximate surface area is 138 Å². The summed E-state index contributed by atoms with van der Waals surface area (Å²) in [5, 5.41) is 3.04. The van der Waals surface area contributed by atoms with Crippen molar-refractivity contribution in [2.75, 3.05) is 24.3 Å². The molecule has 2 rings (SSSR count). The highest BCUT2D eigenvalue weighted by atomic mass is 16.1. The molecule has 1 aromatic carbocycles. The number of carbonyl (C=O) groups is 1. The van der Waals surface area contributed by atoms with Crippen molar-refractivity contribution >= 4 is 17.3 Å². The Morgan fingerprint density at radius 2 is 1.83 bits per heavy atom. The molecule has 1 aromatic heterocycles. The smallest absolute Gasteiger partial charge is 0.290 e. The van der Waals surface area contributed by atoms with Gasteiger partial charge < -0.3 is 10.2 Å². The van der Waals surface area contributed by atoms with E-state index in [0.717, 1.165) is 17.8 Å². The normalized spacial score (nSPS) is 11.8. The molecule has 1 atom stereocenters. The van der Waals surface area contributed by atoms with Crippen molar-refractivity contribution in [1.29, 1.82) is 0 Å². The number of hydrogen-bond donors (Lipinski definition) is 1. The molecule has 0 fully saturated rings. The zero-order chi connectivity index (χ0) is 16.8. The summed E-state index contributed by atoms with van der Waals surface area (Å²) in [6.45, 7) is 4.65. The van der Waals surface area contributed by atoms with Crippen molar-refractivity contribution in [2.45, 2.75) is 32.7 Å². The number of nitrogens with one attached hydrogen (secondary N) is 1. The number of aromatic nitrogens is 1. The Kier molecular flexibility index (Phi) is 5.74. The number of para-hydroxylation sites is 1. The van der Waals surface area contributed by atoms with Gasteiger partial charge in [-0.15, -0.1) is 0 Å². The fourth-order valence-electron chi connectivity index (χ4n) is 2.47. The van der Waals surface area contributed by atoms with Gasteiger partial charge in [-0.25, -0.2) is 0 Å². The van der Waals surface area contributed by atoms with E-state index in [9.17, 15) is 4.79 Å². The van der Waals surface area contributed by atoms with Crippen molar-refractivity contribution in [3.05, 3.63) is 54.4 Å². The van der Waals surface area contributed by atoms with Crippen LogP contribution in [0.2, 0.25) is 0 Å². The summed E-state index contributed by atoms with van der Waals surface area (Å²) in [5.74, 6) is 0.418. The van der Waals surface area contributed by atoms with Crippen molar-refractivity contribution in [2.24, 2.45) is 0 Å². The zero-order valence-electron chi connectivity index (χ0n) is 14.4. The lowest BCUT2D eigenvalue weighted by molar-refractivity contribution is -0.684. The van der Waals surface area contributed by atoms with Gasteiger partial charge in [-0.05, 0) is 24.0 Å². The Balaban J connectivity index is 2.05. The molecule has 1 amide bonds. The maximum atomic E-state index is 12.3. The molecule has 0 aliphatic carbocycles. The fourth-order valence-corrected chi connectivity index (χ4v) is 2.47. The third kappa shape index (κ3) is 4.55. The number of anilines is 2. The van der Waals surface area contributed by atoms with Crippen LogP contribution in [-0.4, -0.2) is 20.0 Å². The monoisotopic (exact) mass is 312 g/mol. The molecule has 0 saturated carbocycles. The van der Waals surface area contributed by atoms with E-state index in [1.807, 2.05) is 66.3 Å². The molecule has 4 heteroatoms. The first-order valence-corrected chi connectivity index (χ1v) is 8.06. The molecule has 23 heavy (non-hydrogen) atoms. The van der Waals surface area contributed by atoms with Crippen molar-refractivity contribution in [3.8, 4) is 0 Å². The summed E-state index contributed by atoms with van der Waals surface area (Å²) in [7, 11) is 4.00. The van der Waals surface area contributed by atoms with Crippen LogP contribution in [0.15, 0.2) is 48.8 Å². The highest BCUT2D eigenvalue weighted by Gasteiger charge is 2.14. The third-order valence-corrected chi connectivity index (χ3v) is 4.09.